The molecule has 4 heterocycles. The van der Waals surface area contributed by atoms with Gasteiger partial charge in [-0.05, 0) is 56.4 Å². The molecule has 7 nitrogen and oxygen atoms in total. The number of imidazole rings is 1. The highest BCUT2D eigenvalue weighted by atomic mass is 35.5. The zero-order valence-electron chi connectivity index (χ0n) is 16.6. The Balaban J connectivity index is 0.00000256. The molecule has 30 heavy (non-hydrogen) atoms. The van der Waals surface area contributed by atoms with Crippen LogP contribution in [-0.2, 0) is 20.6 Å². The molecule has 2 N–H and O–H groups in total. The van der Waals surface area contributed by atoms with Crippen molar-refractivity contribution in [3.8, 4) is 0 Å². The Hall–Kier alpha value is -2.46. The average Bonchev–Trinajstić information content (AvgIpc) is 3.49. The van der Waals surface area contributed by atoms with Gasteiger partial charge in [-0.3, -0.25) is 13.9 Å². The molecule has 0 saturated carbocycles. The van der Waals surface area contributed by atoms with Crippen LogP contribution in [0.25, 0.3) is 16.7 Å². The predicted molar refractivity (Wildman–Crippen MR) is 118 cm³/mol. The van der Waals surface area contributed by atoms with Crippen molar-refractivity contribution in [3.05, 3.63) is 78.0 Å². The molecule has 10 heteroatoms. The summed E-state index contributed by atoms with van der Waals surface area (Å²) in [4.78, 5) is 28.8. The molecule has 0 aliphatic rings. The van der Waals surface area contributed by atoms with Crippen LogP contribution in [0.4, 0.5) is 0 Å². The van der Waals surface area contributed by atoms with E-state index in [1.807, 2.05) is 4.57 Å². The molecule has 4 aromatic heterocycles. The van der Waals surface area contributed by atoms with Crippen LogP contribution in [-0.4, -0.2) is 31.8 Å². The van der Waals surface area contributed by atoms with E-state index in [-0.39, 0.29) is 23.7 Å². The van der Waals surface area contributed by atoms with Gasteiger partial charge < -0.3 is 22.3 Å². The Morgan fingerprint density at radius 3 is 2.37 bits per heavy atom. The first-order valence-electron chi connectivity index (χ1n) is 9.25. The number of quaternary nitrogens is 1. The number of aryl methyl sites for hydroxylation is 1. The smallest absolute Gasteiger partial charge is 0.332 e. The molecule has 0 saturated heterocycles. The van der Waals surface area contributed by atoms with Gasteiger partial charge in [-0.2, -0.15) is 22.7 Å². The summed E-state index contributed by atoms with van der Waals surface area (Å²) in [7, 11) is 3.13. The lowest BCUT2D eigenvalue weighted by atomic mass is 10.0. The van der Waals surface area contributed by atoms with E-state index in [9.17, 15) is 9.59 Å². The number of fused-ring (bicyclic) bond motifs is 1. The van der Waals surface area contributed by atoms with Crippen molar-refractivity contribution in [2.45, 2.75) is 6.54 Å². The second-order valence-corrected chi connectivity index (χ2v) is 8.33. The Bertz CT molecular complexity index is 1230. The van der Waals surface area contributed by atoms with Crippen molar-refractivity contribution in [2.24, 2.45) is 14.1 Å². The summed E-state index contributed by atoms with van der Waals surface area (Å²) in [6.45, 7) is 2.28. The zero-order valence-corrected chi connectivity index (χ0v) is 19.0. The Morgan fingerprint density at radius 1 is 1.10 bits per heavy atom. The van der Waals surface area contributed by atoms with Crippen molar-refractivity contribution in [2.75, 3.05) is 13.1 Å². The van der Waals surface area contributed by atoms with Crippen molar-refractivity contribution in [3.63, 3.8) is 0 Å². The minimum Gasteiger partial charge on any atom is -1.00 e. The van der Waals surface area contributed by atoms with Crippen LogP contribution in [0.15, 0.2) is 55.6 Å². The fourth-order valence-electron chi connectivity index (χ4n) is 3.35. The summed E-state index contributed by atoms with van der Waals surface area (Å²) in [5, 5.41) is 10.7. The van der Waals surface area contributed by atoms with Crippen LogP contribution in [0.1, 0.15) is 11.1 Å². The second kappa shape index (κ2) is 9.57. The summed E-state index contributed by atoms with van der Waals surface area (Å²) in [5.41, 5.74) is 3.96. The van der Waals surface area contributed by atoms with Crippen LogP contribution in [0.3, 0.4) is 0 Å². The van der Waals surface area contributed by atoms with Gasteiger partial charge in [0.05, 0.1) is 26.0 Å². The van der Waals surface area contributed by atoms with Gasteiger partial charge in [0.25, 0.3) is 5.56 Å². The maximum absolute atomic E-state index is 12.5. The largest absolute Gasteiger partial charge is 1.00 e. The Kier molecular flexibility index (Phi) is 7.09. The molecule has 4 rings (SSSR count). The molecule has 0 spiro atoms. The number of nitrogens with zero attached hydrogens (tertiary/aromatic N) is 4. The lowest BCUT2D eigenvalue weighted by Gasteiger charge is -2.06. The highest BCUT2D eigenvalue weighted by Crippen LogP contribution is 2.26. The number of aromatic nitrogens is 4. The average molecular weight is 464 g/mol. The minimum atomic E-state index is -0.362. The van der Waals surface area contributed by atoms with Gasteiger partial charge in [0.2, 0.25) is 0 Å². The van der Waals surface area contributed by atoms with E-state index in [4.69, 9.17) is 0 Å². The summed E-state index contributed by atoms with van der Waals surface area (Å²) >= 11 is 3.40. The molecule has 4 aromatic rings. The van der Waals surface area contributed by atoms with Crippen molar-refractivity contribution < 1.29 is 17.7 Å². The molecule has 158 valence electrons. The fourth-order valence-corrected chi connectivity index (χ4v) is 4.67. The SMILES string of the molecule is Cn1c(=O)c2c(ncn2CC[NH2+]CC=C(c2ccsc2)c2ccsc2)n(C)c1=O.[Cl-]. The fraction of sp³-hybridized carbons (Fsp3) is 0.250. The molecule has 0 fully saturated rings. The van der Waals surface area contributed by atoms with E-state index < -0.39 is 0 Å². The van der Waals surface area contributed by atoms with Gasteiger partial charge in [0.15, 0.2) is 11.2 Å². The first-order valence-corrected chi connectivity index (χ1v) is 11.1. The molecule has 0 unspecified atom stereocenters. The normalized spacial score (nSPS) is 10.9. The molecular formula is C20H22ClN5O2S2. The maximum atomic E-state index is 12.5. The lowest BCUT2D eigenvalue weighted by molar-refractivity contribution is -0.646. The van der Waals surface area contributed by atoms with Gasteiger partial charge in [-0.1, -0.05) is 0 Å². The zero-order chi connectivity index (χ0) is 20.4. The van der Waals surface area contributed by atoms with E-state index in [1.54, 1.807) is 36.0 Å². The van der Waals surface area contributed by atoms with E-state index in [0.29, 0.717) is 17.7 Å². The summed E-state index contributed by atoms with van der Waals surface area (Å²) in [6, 6.07) is 4.29. The number of hydrogen-bond donors (Lipinski definition) is 1. The van der Waals surface area contributed by atoms with Crippen LogP contribution < -0.4 is 29.0 Å². The number of thiophene rings is 2. The molecule has 0 aromatic carbocycles. The van der Waals surface area contributed by atoms with Gasteiger partial charge in [-0.15, -0.1) is 0 Å². The third kappa shape index (κ3) is 4.20. The quantitative estimate of drug-likeness (QED) is 0.330. The van der Waals surface area contributed by atoms with Crippen LogP contribution >= 0.6 is 22.7 Å². The standard InChI is InChI=1S/C20H21N5O2S2.ClH/c1-23-18-17(19(26)24(2)20(23)27)25(13-22-18)8-7-21-6-3-16(14-4-9-28-11-14)15-5-10-29-12-15;/h3-5,9-13,21H,6-8H2,1-2H3;1H. The molecule has 0 aliphatic carbocycles. The van der Waals surface area contributed by atoms with Gasteiger partial charge in [-0.25, -0.2) is 9.78 Å². The summed E-state index contributed by atoms with van der Waals surface area (Å²) in [5.74, 6) is 0. The number of rotatable bonds is 7. The lowest BCUT2D eigenvalue weighted by Crippen LogP contribution is -3.00. The molecule has 0 radical (unpaired) electrons. The van der Waals surface area contributed by atoms with E-state index in [2.05, 4.69) is 50.0 Å². The Morgan fingerprint density at radius 2 is 1.77 bits per heavy atom. The van der Waals surface area contributed by atoms with Crippen molar-refractivity contribution in [1.82, 2.24) is 18.7 Å². The monoisotopic (exact) mass is 463 g/mol. The topological polar surface area (TPSA) is 78.4 Å². The molecular weight excluding hydrogens is 442 g/mol. The highest BCUT2D eigenvalue weighted by Gasteiger charge is 2.14. The number of nitrogens with two attached hydrogens (primary N) is 1. The van der Waals surface area contributed by atoms with Crippen LogP contribution in [0, 0.1) is 0 Å². The van der Waals surface area contributed by atoms with Crippen molar-refractivity contribution >= 4 is 39.4 Å². The van der Waals surface area contributed by atoms with Gasteiger partial charge in [0, 0.05) is 14.1 Å². The van der Waals surface area contributed by atoms with E-state index >= 15 is 0 Å². The first-order chi connectivity index (χ1) is 14.1. The number of halogens is 1. The number of hydrogen-bond acceptors (Lipinski definition) is 5. The van der Waals surface area contributed by atoms with E-state index in [0.717, 1.165) is 17.7 Å². The highest BCUT2D eigenvalue weighted by molar-refractivity contribution is 7.08. The summed E-state index contributed by atoms with van der Waals surface area (Å²) in [6.07, 6.45) is 3.89. The predicted octanol–water partition coefficient (Wildman–Crippen LogP) is -1.74. The van der Waals surface area contributed by atoms with Crippen LogP contribution in [0.5, 0.6) is 0 Å². The third-order valence-corrected chi connectivity index (χ3v) is 6.31. The summed E-state index contributed by atoms with van der Waals surface area (Å²) < 4.78 is 4.37. The van der Waals surface area contributed by atoms with E-state index in [1.165, 1.54) is 28.3 Å². The molecule has 0 bridgehead atoms. The Labute approximate surface area is 187 Å². The maximum Gasteiger partial charge on any atom is 0.332 e. The first kappa shape index (κ1) is 22.2. The van der Waals surface area contributed by atoms with Gasteiger partial charge in [0.1, 0.15) is 0 Å². The molecule has 0 aliphatic heterocycles. The van der Waals surface area contributed by atoms with Crippen LogP contribution in [0.2, 0.25) is 0 Å². The second-order valence-electron chi connectivity index (χ2n) is 6.77. The van der Waals surface area contributed by atoms with Gasteiger partial charge >= 0.3 is 5.69 Å². The third-order valence-electron chi connectivity index (χ3n) is 4.94. The minimum absolute atomic E-state index is 0. The van der Waals surface area contributed by atoms with Crippen molar-refractivity contribution in [1.29, 1.82) is 0 Å². The molecule has 0 amide bonds. The molecule has 0 atom stereocenters.